The number of ether oxygens (including phenoxy) is 1. The molecule has 0 spiro atoms. The van der Waals surface area contributed by atoms with E-state index in [1.807, 2.05) is 0 Å². The third-order valence-electron chi connectivity index (χ3n) is 2.32. The molecule has 1 aliphatic rings. The Morgan fingerprint density at radius 1 is 1.38 bits per heavy atom. The van der Waals surface area contributed by atoms with Gasteiger partial charge in [0.1, 0.15) is 11.8 Å². The summed E-state index contributed by atoms with van der Waals surface area (Å²) in [5, 5.41) is 6.48. The van der Waals surface area contributed by atoms with Crippen molar-refractivity contribution in [2.24, 2.45) is 0 Å². The van der Waals surface area contributed by atoms with Crippen molar-refractivity contribution < 1.29 is 22.4 Å². The van der Waals surface area contributed by atoms with Crippen molar-refractivity contribution in [3.63, 3.8) is 0 Å². The number of aromatic nitrogens is 1. The Labute approximate surface area is 89.7 Å². The molecule has 4 nitrogen and oxygen atoms in total. The van der Waals surface area contributed by atoms with Crippen LogP contribution in [0.5, 0.6) is 0 Å². The van der Waals surface area contributed by atoms with Crippen molar-refractivity contribution in [3.8, 4) is 0 Å². The lowest BCUT2D eigenvalue weighted by Gasteiger charge is -2.09. The molecule has 0 radical (unpaired) electrons. The van der Waals surface area contributed by atoms with Crippen molar-refractivity contribution in [2.45, 2.75) is 18.7 Å². The summed E-state index contributed by atoms with van der Waals surface area (Å²) in [5.41, 5.74) is 0.205. The number of nitrogens with one attached hydrogen (secondary N) is 1. The van der Waals surface area contributed by atoms with E-state index in [0.717, 1.165) is 6.07 Å². The van der Waals surface area contributed by atoms with Crippen LogP contribution in [0.1, 0.15) is 24.0 Å². The van der Waals surface area contributed by atoms with Gasteiger partial charge in [-0.1, -0.05) is 5.16 Å². The first-order valence-corrected chi connectivity index (χ1v) is 4.93. The Morgan fingerprint density at radius 3 is 2.88 bits per heavy atom. The van der Waals surface area contributed by atoms with Crippen molar-refractivity contribution in [3.05, 3.63) is 17.5 Å². The molecule has 0 amide bonds. The second-order valence-corrected chi connectivity index (χ2v) is 3.51. The van der Waals surface area contributed by atoms with E-state index in [9.17, 15) is 13.2 Å². The van der Waals surface area contributed by atoms with Crippen molar-refractivity contribution >= 4 is 0 Å². The Kier molecular flexibility index (Phi) is 3.15. The highest BCUT2D eigenvalue weighted by Crippen LogP contribution is 2.32. The summed E-state index contributed by atoms with van der Waals surface area (Å²) in [7, 11) is 0. The number of halogens is 3. The van der Waals surface area contributed by atoms with Crippen LogP contribution in [-0.2, 0) is 10.9 Å². The lowest BCUT2D eigenvalue weighted by atomic mass is 10.2. The van der Waals surface area contributed by atoms with Crippen LogP contribution in [0.4, 0.5) is 13.2 Å². The molecule has 0 aliphatic carbocycles. The van der Waals surface area contributed by atoms with Crippen LogP contribution in [-0.4, -0.2) is 24.9 Å². The van der Waals surface area contributed by atoms with Crippen molar-refractivity contribution in [2.75, 3.05) is 19.7 Å². The van der Waals surface area contributed by atoms with Gasteiger partial charge in [-0.15, -0.1) is 0 Å². The zero-order valence-electron chi connectivity index (χ0n) is 8.38. The lowest BCUT2D eigenvalue weighted by molar-refractivity contribution is -0.155. The molecule has 1 fully saturated rings. The number of rotatable bonds is 1. The number of hydrogen-bond acceptors (Lipinski definition) is 4. The summed E-state index contributed by atoms with van der Waals surface area (Å²) >= 11 is 0. The summed E-state index contributed by atoms with van der Waals surface area (Å²) in [6, 6.07) is 0.899. The molecule has 1 aliphatic heterocycles. The molecule has 1 aromatic heterocycles. The molecule has 90 valence electrons. The van der Waals surface area contributed by atoms with Crippen molar-refractivity contribution in [1.82, 2.24) is 10.5 Å². The fraction of sp³-hybridized carbons (Fsp3) is 0.667. The Balaban J connectivity index is 2.11. The van der Waals surface area contributed by atoms with E-state index in [1.165, 1.54) is 0 Å². The minimum Gasteiger partial charge on any atom is -0.370 e. The lowest BCUT2D eigenvalue weighted by Crippen LogP contribution is -2.16. The fourth-order valence-electron chi connectivity index (χ4n) is 1.52. The summed E-state index contributed by atoms with van der Waals surface area (Å²) in [4.78, 5) is 0. The zero-order valence-corrected chi connectivity index (χ0v) is 8.38. The summed E-state index contributed by atoms with van der Waals surface area (Å²) in [5.74, 6) is -1.08. The van der Waals surface area contributed by atoms with Gasteiger partial charge in [0.2, 0.25) is 5.76 Å². The minimum absolute atomic E-state index is 0.205. The number of hydrogen-bond donors (Lipinski definition) is 1. The van der Waals surface area contributed by atoms with E-state index in [2.05, 4.69) is 15.0 Å². The average molecular weight is 236 g/mol. The van der Waals surface area contributed by atoms with Gasteiger partial charge in [-0.05, 0) is 13.0 Å². The highest BCUT2D eigenvalue weighted by Gasteiger charge is 2.37. The van der Waals surface area contributed by atoms with Crippen LogP contribution in [0, 0.1) is 0 Å². The van der Waals surface area contributed by atoms with E-state index < -0.39 is 18.0 Å². The molecule has 7 heteroatoms. The van der Waals surface area contributed by atoms with Gasteiger partial charge in [-0.25, -0.2) is 0 Å². The molecule has 1 atom stereocenters. The van der Waals surface area contributed by atoms with E-state index in [0.29, 0.717) is 26.1 Å². The molecular formula is C9H11F3N2O2. The van der Waals surface area contributed by atoms with Gasteiger partial charge in [0.25, 0.3) is 0 Å². The summed E-state index contributed by atoms with van der Waals surface area (Å²) in [6.45, 7) is 1.85. The van der Waals surface area contributed by atoms with E-state index >= 15 is 0 Å². The van der Waals surface area contributed by atoms with Crippen LogP contribution < -0.4 is 5.32 Å². The first-order chi connectivity index (χ1) is 7.57. The average Bonchev–Trinajstić information content (AvgIpc) is 2.55. The molecule has 1 saturated heterocycles. The highest BCUT2D eigenvalue weighted by atomic mass is 19.4. The molecule has 16 heavy (non-hydrogen) atoms. The second kappa shape index (κ2) is 4.42. The van der Waals surface area contributed by atoms with Gasteiger partial charge in [0.05, 0.1) is 6.61 Å². The Hall–Kier alpha value is -1.08. The maximum atomic E-state index is 12.3. The molecule has 2 heterocycles. The van der Waals surface area contributed by atoms with Gasteiger partial charge in [-0.3, -0.25) is 0 Å². The van der Waals surface area contributed by atoms with E-state index in [1.54, 1.807) is 0 Å². The first kappa shape index (κ1) is 11.4. The minimum atomic E-state index is -4.49. The van der Waals surface area contributed by atoms with Gasteiger partial charge >= 0.3 is 6.18 Å². The molecule has 0 aromatic carbocycles. The SMILES string of the molecule is FC(F)(F)c1cc(C2CCNCCO2)no1. The number of nitrogens with zero attached hydrogens (tertiary/aromatic N) is 1. The topological polar surface area (TPSA) is 47.3 Å². The van der Waals surface area contributed by atoms with Crippen LogP contribution in [0.3, 0.4) is 0 Å². The predicted molar refractivity (Wildman–Crippen MR) is 47.7 cm³/mol. The maximum Gasteiger partial charge on any atom is 0.452 e. The molecule has 1 unspecified atom stereocenters. The summed E-state index contributed by atoms with van der Waals surface area (Å²) in [6.07, 6.45) is -4.33. The van der Waals surface area contributed by atoms with E-state index in [4.69, 9.17) is 4.74 Å². The van der Waals surface area contributed by atoms with Crippen LogP contribution in [0.2, 0.25) is 0 Å². The van der Waals surface area contributed by atoms with Gasteiger partial charge in [-0.2, -0.15) is 13.2 Å². The molecule has 0 saturated carbocycles. The standard InChI is InChI=1S/C9H11F3N2O2/c10-9(11,12)8-5-6(14-16-8)7-1-2-13-3-4-15-7/h5,7,13H,1-4H2. The molecule has 2 rings (SSSR count). The van der Waals surface area contributed by atoms with E-state index in [-0.39, 0.29) is 5.69 Å². The van der Waals surface area contributed by atoms with Crippen molar-refractivity contribution in [1.29, 1.82) is 0 Å². The predicted octanol–water partition coefficient (Wildman–Crippen LogP) is 1.74. The van der Waals surface area contributed by atoms with Crippen LogP contribution in [0.15, 0.2) is 10.6 Å². The Morgan fingerprint density at radius 2 is 2.19 bits per heavy atom. The quantitative estimate of drug-likeness (QED) is 0.806. The van der Waals surface area contributed by atoms with Gasteiger partial charge < -0.3 is 14.6 Å². The highest BCUT2D eigenvalue weighted by molar-refractivity contribution is 5.11. The monoisotopic (exact) mass is 236 g/mol. The molecule has 1 aromatic rings. The van der Waals surface area contributed by atoms with Crippen LogP contribution in [0.25, 0.3) is 0 Å². The van der Waals surface area contributed by atoms with Crippen LogP contribution >= 0.6 is 0 Å². The third-order valence-corrected chi connectivity index (χ3v) is 2.32. The van der Waals surface area contributed by atoms with Gasteiger partial charge in [0.15, 0.2) is 0 Å². The van der Waals surface area contributed by atoms with Gasteiger partial charge in [0, 0.05) is 12.6 Å². The smallest absolute Gasteiger partial charge is 0.370 e. The number of alkyl halides is 3. The Bertz CT molecular complexity index is 343. The first-order valence-electron chi connectivity index (χ1n) is 4.93. The maximum absolute atomic E-state index is 12.3. The third kappa shape index (κ3) is 2.53. The largest absolute Gasteiger partial charge is 0.452 e. The second-order valence-electron chi connectivity index (χ2n) is 3.51. The normalized spacial score (nSPS) is 23.1. The zero-order chi connectivity index (χ0) is 11.6. The molecular weight excluding hydrogens is 225 g/mol. The molecule has 1 N–H and O–H groups in total. The fourth-order valence-corrected chi connectivity index (χ4v) is 1.52. The summed E-state index contributed by atoms with van der Waals surface area (Å²) < 4.78 is 46.4. The molecule has 0 bridgehead atoms.